The molecule has 2 aromatic rings. The fraction of sp³-hybridized carbons (Fsp3) is 0.154. The monoisotopic (exact) mass is 295 g/mol. The highest BCUT2D eigenvalue weighted by molar-refractivity contribution is 6.33. The van der Waals surface area contributed by atoms with Crippen LogP contribution in [-0.4, -0.2) is 12.1 Å². The van der Waals surface area contributed by atoms with E-state index in [0.717, 1.165) is 22.7 Å². The SMILES string of the molecule is COc1cccc(N2NCc3c2cc(Cl)nc3Cl)c1. The molecule has 1 N–H and O–H groups in total. The summed E-state index contributed by atoms with van der Waals surface area (Å²) in [6.45, 7) is 0.621. The Hall–Kier alpha value is -1.49. The number of aromatic nitrogens is 1. The minimum absolute atomic E-state index is 0.375. The van der Waals surface area contributed by atoms with E-state index in [-0.39, 0.29) is 0 Å². The zero-order valence-corrected chi connectivity index (χ0v) is 11.7. The molecule has 0 amide bonds. The third-order valence-corrected chi connectivity index (χ3v) is 3.49. The van der Waals surface area contributed by atoms with Crippen LogP contribution in [0, 0.1) is 0 Å². The predicted molar refractivity (Wildman–Crippen MR) is 76.2 cm³/mol. The number of benzene rings is 1. The first kappa shape index (κ1) is 12.5. The van der Waals surface area contributed by atoms with Gasteiger partial charge in [0, 0.05) is 24.2 Å². The lowest BCUT2D eigenvalue weighted by Crippen LogP contribution is -2.26. The number of rotatable bonds is 2. The first-order chi connectivity index (χ1) is 9.19. The van der Waals surface area contributed by atoms with Crippen LogP contribution in [-0.2, 0) is 6.54 Å². The van der Waals surface area contributed by atoms with Gasteiger partial charge in [-0.1, -0.05) is 29.3 Å². The molecule has 0 bridgehead atoms. The van der Waals surface area contributed by atoms with Crippen molar-refractivity contribution in [3.05, 3.63) is 46.2 Å². The van der Waals surface area contributed by atoms with Crippen LogP contribution in [0.3, 0.4) is 0 Å². The molecule has 1 aliphatic rings. The molecule has 0 saturated heterocycles. The molecule has 0 aliphatic carbocycles. The smallest absolute Gasteiger partial charge is 0.137 e. The Kier molecular flexibility index (Phi) is 3.22. The van der Waals surface area contributed by atoms with E-state index in [9.17, 15) is 0 Å². The summed E-state index contributed by atoms with van der Waals surface area (Å²) in [5, 5.41) is 2.73. The number of methoxy groups -OCH3 is 1. The van der Waals surface area contributed by atoms with Crippen molar-refractivity contribution in [2.75, 3.05) is 12.1 Å². The van der Waals surface area contributed by atoms with E-state index in [1.165, 1.54) is 0 Å². The quantitative estimate of drug-likeness (QED) is 0.860. The molecular formula is C13H11Cl2N3O. The first-order valence-corrected chi connectivity index (χ1v) is 6.47. The van der Waals surface area contributed by atoms with Gasteiger partial charge in [-0.25, -0.2) is 10.4 Å². The standard InChI is InChI=1S/C13H11Cl2N3O/c1-19-9-4-2-3-8(5-9)18-11-6-12(14)17-13(15)10(11)7-16-18/h2-6,16H,7H2,1H3. The number of ether oxygens (including phenoxy) is 1. The summed E-state index contributed by atoms with van der Waals surface area (Å²) < 4.78 is 5.23. The Labute approximate surface area is 120 Å². The second-order valence-corrected chi connectivity index (χ2v) is 4.85. The zero-order valence-electron chi connectivity index (χ0n) is 10.2. The van der Waals surface area contributed by atoms with Crippen LogP contribution >= 0.6 is 23.2 Å². The van der Waals surface area contributed by atoms with E-state index in [1.54, 1.807) is 13.2 Å². The van der Waals surface area contributed by atoms with Gasteiger partial charge in [-0.15, -0.1) is 0 Å². The Balaban J connectivity index is 2.06. The summed E-state index contributed by atoms with van der Waals surface area (Å²) in [6, 6.07) is 9.53. The zero-order chi connectivity index (χ0) is 13.4. The van der Waals surface area contributed by atoms with E-state index >= 15 is 0 Å². The van der Waals surface area contributed by atoms with Crippen molar-refractivity contribution >= 4 is 34.6 Å². The molecule has 1 aromatic heterocycles. The molecule has 1 aromatic carbocycles. The topological polar surface area (TPSA) is 37.4 Å². The van der Waals surface area contributed by atoms with Crippen molar-refractivity contribution in [2.24, 2.45) is 0 Å². The molecule has 0 radical (unpaired) electrons. The predicted octanol–water partition coefficient (Wildman–Crippen LogP) is 3.55. The van der Waals surface area contributed by atoms with Gasteiger partial charge in [0.1, 0.15) is 16.1 Å². The fourth-order valence-corrected chi connectivity index (χ4v) is 2.57. The lowest BCUT2D eigenvalue weighted by Gasteiger charge is -2.20. The van der Waals surface area contributed by atoms with E-state index in [1.807, 2.05) is 29.3 Å². The highest BCUT2D eigenvalue weighted by atomic mass is 35.5. The van der Waals surface area contributed by atoms with Crippen LogP contribution in [0.1, 0.15) is 5.56 Å². The van der Waals surface area contributed by atoms with Gasteiger partial charge in [0.25, 0.3) is 0 Å². The molecule has 0 atom stereocenters. The van der Waals surface area contributed by atoms with Gasteiger partial charge in [-0.3, -0.25) is 5.01 Å². The highest BCUT2D eigenvalue weighted by Gasteiger charge is 2.24. The third-order valence-electron chi connectivity index (χ3n) is 2.99. The van der Waals surface area contributed by atoms with Crippen LogP contribution in [0.4, 0.5) is 11.4 Å². The van der Waals surface area contributed by atoms with Crippen molar-refractivity contribution in [3.8, 4) is 5.75 Å². The average Bonchev–Trinajstić information content (AvgIpc) is 2.82. The molecule has 0 unspecified atom stereocenters. The van der Waals surface area contributed by atoms with E-state index in [4.69, 9.17) is 27.9 Å². The molecule has 0 spiro atoms. The molecule has 2 heterocycles. The second kappa shape index (κ2) is 4.89. The maximum absolute atomic E-state index is 6.10. The Morgan fingerprint density at radius 3 is 2.95 bits per heavy atom. The van der Waals surface area contributed by atoms with Crippen LogP contribution in [0.2, 0.25) is 10.3 Å². The maximum atomic E-state index is 6.10. The number of halogens is 2. The summed E-state index contributed by atoms with van der Waals surface area (Å²) in [6.07, 6.45) is 0. The number of hydrogen-bond donors (Lipinski definition) is 1. The third kappa shape index (κ3) is 2.23. The maximum Gasteiger partial charge on any atom is 0.137 e. The van der Waals surface area contributed by atoms with Gasteiger partial charge in [-0.05, 0) is 12.1 Å². The molecular weight excluding hydrogens is 285 g/mol. The normalized spacial score (nSPS) is 13.5. The number of nitrogens with one attached hydrogen (secondary N) is 1. The molecule has 4 nitrogen and oxygen atoms in total. The van der Waals surface area contributed by atoms with Crippen LogP contribution in [0.15, 0.2) is 30.3 Å². The molecule has 6 heteroatoms. The van der Waals surface area contributed by atoms with E-state index in [2.05, 4.69) is 10.4 Å². The Morgan fingerprint density at radius 1 is 1.32 bits per heavy atom. The van der Waals surface area contributed by atoms with Crippen molar-refractivity contribution in [1.29, 1.82) is 0 Å². The average molecular weight is 296 g/mol. The number of pyridine rings is 1. The summed E-state index contributed by atoms with van der Waals surface area (Å²) in [4.78, 5) is 4.05. The van der Waals surface area contributed by atoms with Crippen LogP contribution < -0.4 is 15.2 Å². The molecule has 3 rings (SSSR count). The summed E-state index contributed by atoms with van der Waals surface area (Å²) >= 11 is 12.1. The fourth-order valence-electron chi connectivity index (χ4n) is 2.09. The number of hydrazine groups is 1. The van der Waals surface area contributed by atoms with Crippen LogP contribution in [0.25, 0.3) is 0 Å². The van der Waals surface area contributed by atoms with Crippen LogP contribution in [0.5, 0.6) is 5.75 Å². The van der Waals surface area contributed by atoms with Gasteiger partial charge < -0.3 is 4.74 Å². The summed E-state index contributed by atoms with van der Waals surface area (Å²) in [7, 11) is 1.64. The van der Waals surface area contributed by atoms with Crippen molar-refractivity contribution < 1.29 is 4.74 Å². The highest BCUT2D eigenvalue weighted by Crippen LogP contribution is 2.37. The van der Waals surface area contributed by atoms with Crippen molar-refractivity contribution in [3.63, 3.8) is 0 Å². The second-order valence-electron chi connectivity index (χ2n) is 4.11. The largest absolute Gasteiger partial charge is 0.497 e. The minimum atomic E-state index is 0.375. The molecule has 19 heavy (non-hydrogen) atoms. The Bertz CT molecular complexity index is 633. The van der Waals surface area contributed by atoms with Gasteiger partial charge in [0.2, 0.25) is 0 Å². The summed E-state index contributed by atoms with van der Waals surface area (Å²) in [5.41, 5.74) is 6.06. The molecule has 1 aliphatic heterocycles. The van der Waals surface area contributed by atoms with E-state index < -0.39 is 0 Å². The lowest BCUT2D eigenvalue weighted by molar-refractivity contribution is 0.415. The molecule has 0 fully saturated rings. The van der Waals surface area contributed by atoms with E-state index in [0.29, 0.717) is 16.9 Å². The van der Waals surface area contributed by atoms with Crippen molar-refractivity contribution in [1.82, 2.24) is 10.4 Å². The number of hydrogen-bond acceptors (Lipinski definition) is 4. The van der Waals surface area contributed by atoms with Crippen molar-refractivity contribution in [2.45, 2.75) is 6.54 Å². The number of fused-ring (bicyclic) bond motifs is 1. The summed E-state index contributed by atoms with van der Waals surface area (Å²) in [5.74, 6) is 0.791. The molecule has 0 saturated carbocycles. The Morgan fingerprint density at radius 2 is 2.16 bits per heavy atom. The first-order valence-electron chi connectivity index (χ1n) is 5.71. The lowest BCUT2D eigenvalue weighted by atomic mass is 10.2. The molecule has 98 valence electrons. The number of anilines is 2. The number of nitrogens with zero attached hydrogens (tertiary/aromatic N) is 2. The van der Waals surface area contributed by atoms with Gasteiger partial charge >= 0.3 is 0 Å². The minimum Gasteiger partial charge on any atom is -0.497 e. The van der Waals surface area contributed by atoms with Gasteiger partial charge in [-0.2, -0.15) is 0 Å². The van der Waals surface area contributed by atoms with Gasteiger partial charge in [0.05, 0.1) is 18.5 Å². The van der Waals surface area contributed by atoms with Gasteiger partial charge in [0.15, 0.2) is 0 Å².